The first-order valence-corrected chi connectivity index (χ1v) is 7.82. The number of aromatic nitrogens is 1. The number of carbonyl (C=O) groups excluding carboxylic acids is 1. The Balaban J connectivity index is 2.09. The Labute approximate surface area is 138 Å². The molecular formula is C15H13F3N2O3S. The molecule has 1 aromatic carbocycles. The lowest BCUT2D eigenvalue weighted by Crippen LogP contribution is -2.10. The molecule has 1 heterocycles. The Morgan fingerprint density at radius 1 is 1.29 bits per heavy atom. The van der Waals surface area contributed by atoms with Gasteiger partial charge in [0.05, 0.1) is 19.1 Å². The Morgan fingerprint density at radius 3 is 2.62 bits per heavy atom. The summed E-state index contributed by atoms with van der Waals surface area (Å²) in [5.41, 5.74) is 0.170. The summed E-state index contributed by atoms with van der Waals surface area (Å²) in [5, 5.41) is -0.0404. The van der Waals surface area contributed by atoms with Crippen LogP contribution in [0.4, 0.5) is 18.9 Å². The first kappa shape index (κ1) is 17.9. The lowest BCUT2D eigenvalue weighted by molar-refractivity contribution is -0.140. The fraction of sp³-hybridized carbons (Fsp3) is 0.200. The van der Waals surface area contributed by atoms with Crippen molar-refractivity contribution in [2.45, 2.75) is 17.6 Å². The zero-order chi connectivity index (χ0) is 17.7. The second-order valence-electron chi connectivity index (χ2n) is 4.71. The average molecular weight is 358 g/mol. The fourth-order valence-corrected chi connectivity index (χ4v) is 2.59. The monoisotopic (exact) mass is 358 g/mol. The number of benzene rings is 1. The van der Waals surface area contributed by atoms with Gasteiger partial charge in [0.1, 0.15) is 5.03 Å². The quantitative estimate of drug-likeness (QED) is 0.835. The van der Waals surface area contributed by atoms with Gasteiger partial charge in [0, 0.05) is 11.9 Å². The van der Waals surface area contributed by atoms with Crippen LogP contribution in [-0.4, -0.2) is 22.3 Å². The number of hydrogen-bond donors (Lipinski definition) is 1. The number of nitrogens with zero attached hydrogens (tertiary/aromatic N) is 1. The molecule has 9 heteroatoms. The molecule has 24 heavy (non-hydrogen) atoms. The van der Waals surface area contributed by atoms with E-state index in [4.69, 9.17) is 0 Å². The van der Waals surface area contributed by atoms with E-state index in [-0.39, 0.29) is 11.4 Å². The first-order chi connectivity index (χ1) is 11.3. The summed E-state index contributed by atoms with van der Waals surface area (Å²) in [4.78, 5) is 14.8. The molecule has 0 radical (unpaired) electrons. The largest absolute Gasteiger partial charge is 0.469 e. The Bertz CT molecular complexity index is 748. The molecule has 2 rings (SSSR count). The third-order valence-electron chi connectivity index (χ3n) is 2.97. The molecule has 0 aliphatic heterocycles. The molecule has 0 aliphatic rings. The van der Waals surface area contributed by atoms with E-state index in [9.17, 15) is 22.2 Å². The van der Waals surface area contributed by atoms with E-state index in [1.165, 1.54) is 7.11 Å². The summed E-state index contributed by atoms with van der Waals surface area (Å²) in [6.45, 7) is 0. The van der Waals surface area contributed by atoms with Crippen molar-refractivity contribution in [3.63, 3.8) is 0 Å². The number of hydrogen-bond acceptors (Lipinski definition) is 4. The van der Waals surface area contributed by atoms with E-state index in [0.29, 0.717) is 17.4 Å². The van der Waals surface area contributed by atoms with Gasteiger partial charge in [-0.2, -0.15) is 13.2 Å². The van der Waals surface area contributed by atoms with Gasteiger partial charge in [0.15, 0.2) is 11.0 Å². The zero-order valence-electron chi connectivity index (χ0n) is 12.5. The zero-order valence-corrected chi connectivity index (χ0v) is 13.3. The molecule has 0 saturated heterocycles. The van der Waals surface area contributed by atoms with Crippen LogP contribution in [0.3, 0.4) is 0 Å². The van der Waals surface area contributed by atoms with Gasteiger partial charge in [-0.3, -0.25) is 9.52 Å². The molecule has 128 valence electrons. The highest BCUT2D eigenvalue weighted by molar-refractivity contribution is 7.86. The number of pyridine rings is 1. The highest BCUT2D eigenvalue weighted by atomic mass is 32.2. The molecule has 0 spiro atoms. The lowest BCUT2D eigenvalue weighted by atomic mass is 10.1. The molecule has 0 aliphatic carbocycles. The van der Waals surface area contributed by atoms with Gasteiger partial charge in [-0.1, -0.05) is 12.1 Å². The third-order valence-corrected chi connectivity index (χ3v) is 4.01. The Hall–Kier alpha value is -2.42. The van der Waals surface area contributed by atoms with Crippen molar-refractivity contribution in [3.05, 3.63) is 53.7 Å². The molecule has 0 fully saturated rings. The normalized spacial score (nSPS) is 12.5. The van der Waals surface area contributed by atoms with Crippen LogP contribution in [-0.2, 0) is 33.1 Å². The van der Waals surface area contributed by atoms with Crippen LogP contribution < -0.4 is 4.72 Å². The minimum atomic E-state index is -4.50. The van der Waals surface area contributed by atoms with Gasteiger partial charge in [-0.25, -0.2) is 9.19 Å². The predicted molar refractivity (Wildman–Crippen MR) is 81.4 cm³/mol. The van der Waals surface area contributed by atoms with Crippen molar-refractivity contribution in [1.82, 2.24) is 4.98 Å². The van der Waals surface area contributed by atoms with Gasteiger partial charge in [-0.15, -0.1) is 0 Å². The minimum Gasteiger partial charge on any atom is -0.469 e. The van der Waals surface area contributed by atoms with Crippen molar-refractivity contribution in [2.24, 2.45) is 0 Å². The van der Waals surface area contributed by atoms with Gasteiger partial charge < -0.3 is 4.74 Å². The SMILES string of the molecule is COC(=O)Cc1cccc(NS(=O)c2ccc(C(F)(F)F)cn2)c1. The summed E-state index contributed by atoms with van der Waals surface area (Å²) in [7, 11) is -0.563. The van der Waals surface area contributed by atoms with Crippen LogP contribution in [0.5, 0.6) is 0 Å². The highest BCUT2D eigenvalue weighted by Gasteiger charge is 2.30. The number of esters is 1. The van der Waals surface area contributed by atoms with Crippen molar-refractivity contribution in [1.29, 1.82) is 0 Å². The lowest BCUT2D eigenvalue weighted by Gasteiger charge is -2.09. The average Bonchev–Trinajstić information content (AvgIpc) is 2.54. The molecule has 1 N–H and O–H groups in total. The summed E-state index contributed by atoms with van der Waals surface area (Å²) in [6, 6.07) is 8.42. The van der Waals surface area contributed by atoms with E-state index in [0.717, 1.165) is 12.1 Å². The van der Waals surface area contributed by atoms with Crippen molar-refractivity contribution in [3.8, 4) is 0 Å². The number of nitrogens with one attached hydrogen (secondary N) is 1. The smallest absolute Gasteiger partial charge is 0.417 e. The number of methoxy groups -OCH3 is 1. The van der Waals surface area contributed by atoms with Crippen LogP contribution in [0.15, 0.2) is 47.6 Å². The van der Waals surface area contributed by atoms with Crippen LogP contribution in [0.25, 0.3) is 0 Å². The second-order valence-corrected chi connectivity index (χ2v) is 5.87. The summed E-state index contributed by atoms with van der Waals surface area (Å²) in [5.74, 6) is -0.419. The van der Waals surface area contributed by atoms with Crippen LogP contribution in [0.2, 0.25) is 0 Å². The Morgan fingerprint density at radius 2 is 2.04 bits per heavy atom. The predicted octanol–water partition coefficient (Wildman–Crippen LogP) is 2.95. The van der Waals surface area contributed by atoms with E-state index >= 15 is 0 Å². The maximum Gasteiger partial charge on any atom is 0.417 e. The number of alkyl halides is 3. The highest BCUT2D eigenvalue weighted by Crippen LogP contribution is 2.28. The van der Waals surface area contributed by atoms with Crippen LogP contribution in [0.1, 0.15) is 11.1 Å². The molecular weight excluding hydrogens is 345 g/mol. The van der Waals surface area contributed by atoms with Gasteiger partial charge in [0.25, 0.3) is 0 Å². The van der Waals surface area contributed by atoms with Gasteiger partial charge >= 0.3 is 12.1 Å². The number of carbonyl (C=O) groups is 1. The number of anilines is 1. The third kappa shape index (κ3) is 4.79. The number of ether oxygens (including phenoxy) is 1. The Kier molecular flexibility index (Phi) is 5.55. The van der Waals surface area contributed by atoms with Crippen molar-refractivity contribution in [2.75, 3.05) is 11.8 Å². The maximum absolute atomic E-state index is 12.5. The first-order valence-electron chi connectivity index (χ1n) is 6.67. The van der Waals surface area contributed by atoms with E-state index < -0.39 is 28.7 Å². The van der Waals surface area contributed by atoms with Crippen LogP contribution >= 0.6 is 0 Å². The topological polar surface area (TPSA) is 68.3 Å². The van der Waals surface area contributed by atoms with Gasteiger partial charge in [0.2, 0.25) is 0 Å². The second kappa shape index (κ2) is 7.43. The van der Waals surface area contributed by atoms with E-state index in [1.54, 1.807) is 24.3 Å². The summed E-state index contributed by atoms with van der Waals surface area (Å²) in [6.07, 6.45) is -3.82. The number of rotatable bonds is 5. The van der Waals surface area contributed by atoms with E-state index in [2.05, 4.69) is 14.4 Å². The van der Waals surface area contributed by atoms with Crippen LogP contribution in [0, 0.1) is 0 Å². The molecule has 1 unspecified atom stereocenters. The number of halogens is 3. The standard InChI is InChI=1S/C15H13F3N2O3S/c1-23-14(21)8-10-3-2-4-12(7-10)20-24(22)13-6-5-11(9-19-13)15(16,17)18/h2-7,9,20H,8H2,1H3. The molecule has 1 aromatic heterocycles. The molecule has 0 amide bonds. The van der Waals surface area contributed by atoms with E-state index in [1.807, 2.05) is 0 Å². The molecule has 0 saturated carbocycles. The molecule has 5 nitrogen and oxygen atoms in total. The van der Waals surface area contributed by atoms with Gasteiger partial charge in [-0.05, 0) is 29.8 Å². The minimum absolute atomic E-state index is 0.0404. The summed E-state index contributed by atoms with van der Waals surface area (Å²) >= 11 is 0. The van der Waals surface area contributed by atoms with Crippen molar-refractivity contribution >= 4 is 22.6 Å². The molecule has 0 bridgehead atoms. The molecule has 1 atom stereocenters. The fourth-order valence-electron chi connectivity index (χ4n) is 1.80. The molecule has 2 aromatic rings. The summed E-state index contributed by atoms with van der Waals surface area (Å²) < 4.78 is 56.7. The van der Waals surface area contributed by atoms with Crippen molar-refractivity contribution < 1.29 is 26.9 Å². The maximum atomic E-state index is 12.5.